The number of anilines is 2. The molecule has 0 aromatic heterocycles. The van der Waals surface area contributed by atoms with Crippen LogP contribution in [0.2, 0.25) is 0 Å². The summed E-state index contributed by atoms with van der Waals surface area (Å²) in [6.07, 6.45) is 3.93. The van der Waals surface area contributed by atoms with E-state index in [1.165, 1.54) is 0 Å². The van der Waals surface area contributed by atoms with Crippen LogP contribution in [-0.2, 0) is 11.2 Å². The quantitative estimate of drug-likeness (QED) is 0.408. The lowest BCUT2D eigenvalue weighted by atomic mass is 9.91. The molecule has 1 saturated carbocycles. The van der Waals surface area contributed by atoms with Gasteiger partial charge in [0.05, 0.1) is 17.8 Å². The van der Waals surface area contributed by atoms with E-state index in [0.717, 1.165) is 42.5 Å². The maximum Gasteiger partial charge on any atom is 0.255 e. The zero-order valence-corrected chi connectivity index (χ0v) is 23.6. The minimum Gasteiger partial charge on any atom is -0.366 e. The van der Waals surface area contributed by atoms with E-state index in [0.29, 0.717) is 49.4 Å². The number of nitrogens with two attached hydrogens (primary N) is 1. The highest BCUT2D eigenvalue weighted by atomic mass is 16.2. The minimum atomic E-state index is -0.231. The van der Waals surface area contributed by atoms with Crippen LogP contribution in [0.1, 0.15) is 57.5 Å². The van der Waals surface area contributed by atoms with Crippen LogP contribution in [0, 0.1) is 6.92 Å². The van der Waals surface area contributed by atoms with Crippen LogP contribution in [0.15, 0.2) is 72.8 Å². The normalized spacial score (nSPS) is 19.0. The molecule has 3 aromatic carbocycles. The fourth-order valence-corrected chi connectivity index (χ4v) is 5.65. The van der Waals surface area contributed by atoms with Gasteiger partial charge in [0.15, 0.2) is 0 Å². The number of nitrogens with one attached hydrogen (secondary N) is 2. The summed E-state index contributed by atoms with van der Waals surface area (Å²) in [5.74, 6) is -0.274. The third-order valence-electron chi connectivity index (χ3n) is 8.07. The Bertz CT molecular complexity index is 1380. The molecule has 8 nitrogen and oxygen atoms in total. The van der Waals surface area contributed by atoms with Gasteiger partial charge in [-0.3, -0.25) is 14.4 Å². The van der Waals surface area contributed by atoms with Crippen molar-refractivity contribution in [3.63, 3.8) is 0 Å². The van der Waals surface area contributed by atoms with Gasteiger partial charge in [-0.25, -0.2) is 0 Å². The van der Waals surface area contributed by atoms with Crippen molar-refractivity contribution in [1.29, 1.82) is 0 Å². The number of aryl methyl sites for hydroxylation is 1. The smallest absolute Gasteiger partial charge is 0.255 e. The van der Waals surface area contributed by atoms with Crippen LogP contribution in [0.25, 0.3) is 0 Å². The van der Waals surface area contributed by atoms with Gasteiger partial charge in [0.25, 0.3) is 11.8 Å². The monoisotopic (exact) mass is 553 g/mol. The highest BCUT2D eigenvalue weighted by Gasteiger charge is 2.25. The second kappa shape index (κ2) is 13.0. The molecule has 1 aliphatic heterocycles. The van der Waals surface area contributed by atoms with Gasteiger partial charge in [0.2, 0.25) is 5.91 Å². The summed E-state index contributed by atoms with van der Waals surface area (Å²) in [5, 5.41) is 6.21. The number of nitrogens with zero attached hydrogens (tertiary/aromatic N) is 2. The van der Waals surface area contributed by atoms with Crippen molar-refractivity contribution in [1.82, 2.24) is 10.2 Å². The van der Waals surface area contributed by atoms with E-state index in [9.17, 15) is 14.4 Å². The Hall–Kier alpha value is -4.17. The Morgan fingerprint density at radius 2 is 1.51 bits per heavy atom. The van der Waals surface area contributed by atoms with Gasteiger partial charge in [-0.05, 0) is 68.5 Å². The number of benzene rings is 3. The number of piperazine rings is 1. The molecule has 3 amide bonds. The molecule has 0 radical (unpaired) electrons. The van der Waals surface area contributed by atoms with Crippen molar-refractivity contribution >= 4 is 29.1 Å². The molecular weight excluding hydrogens is 514 g/mol. The van der Waals surface area contributed by atoms with Gasteiger partial charge in [0.1, 0.15) is 0 Å². The lowest BCUT2D eigenvalue weighted by Crippen LogP contribution is -2.49. The molecule has 1 aliphatic carbocycles. The molecule has 2 aliphatic rings. The lowest BCUT2D eigenvalue weighted by Gasteiger charge is -2.37. The third-order valence-corrected chi connectivity index (χ3v) is 8.07. The van der Waals surface area contributed by atoms with Gasteiger partial charge in [0, 0.05) is 49.4 Å². The number of hydrogen-bond donors (Lipinski definition) is 3. The SMILES string of the molecule is Cc1cccc(C(=O)Nc2cc(C(=O)NC3CCC(N)CC3)ccc2N2CCN(C(=O)Cc3ccccc3)CC2)c1. The number of hydrogen-bond acceptors (Lipinski definition) is 5. The molecule has 2 fully saturated rings. The molecular formula is C33H39N5O3. The molecule has 0 bridgehead atoms. The van der Waals surface area contributed by atoms with E-state index in [1.807, 2.05) is 72.5 Å². The first kappa shape index (κ1) is 28.4. The Labute approximate surface area is 241 Å². The largest absolute Gasteiger partial charge is 0.366 e. The first-order valence-corrected chi connectivity index (χ1v) is 14.5. The van der Waals surface area contributed by atoms with Crippen molar-refractivity contribution in [3.8, 4) is 0 Å². The van der Waals surface area contributed by atoms with Gasteiger partial charge in [-0.2, -0.15) is 0 Å². The molecule has 1 heterocycles. The summed E-state index contributed by atoms with van der Waals surface area (Å²) >= 11 is 0. The van der Waals surface area contributed by atoms with E-state index in [2.05, 4.69) is 15.5 Å². The Morgan fingerprint density at radius 3 is 2.22 bits per heavy atom. The Kier molecular flexibility index (Phi) is 8.99. The third kappa shape index (κ3) is 7.32. The van der Waals surface area contributed by atoms with Crippen LogP contribution in [-0.4, -0.2) is 60.9 Å². The molecule has 41 heavy (non-hydrogen) atoms. The van der Waals surface area contributed by atoms with Crippen LogP contribution >= 0.6 is 0 Å². The summed E-state index contributed by atoms with van der Waals surface area (Å²) in [7, 11) is 0. The second-order valence-corrected chi connectivity index (χ2v) is 11.2. The van der Waals surface area contributed by atoms with Gasteiger partial charge >= 0.3 is 0 Å². The predicted molar refractivity (Wildman–Crippen MR) is 162 cm³/mol. The van der Waals surface area contributed by atoms with Gasteiger partial charge < -0.3 is 26.2 Å². The molecule has 0 spiro atoms. The average Bonchev–Trinajstić information content (AvgIpc) is 2.99. The molecule has 1 saturated heterocycles. The van der Waals surface area contributed by atoms with Crippen molar-refractivity contribution in [3.05, 3.63) is 95.1 Å². The van der Waals surface area contributed by atoms with Crippen molar-refractivity contribution in [2.75, 3.05) is 36.4 Å². The lowest BCUT2D eigenvalue weighted by molar-refractivity contribution is -0.130. The summed E-state index contributed by atoms with van der Waals surface area (Å²) in [5.41, 5.74) is 10.5. The molecule has 5 rings (SSSR count). The predicted octanol–water partition coefficient (Wildman–Crippen LogP) is 4.14. The van der Waals surface area contributed by atoms with Crippen LogP contribution < -0.4 is 21.3 Å². The number of carbonyl (C=O) groups excluding carboxylic acids is 3. The van der Waals surface area contributed by atoms with Gasteiger partial charge in [-0.1, -0.05) is 48.0 Å². The summed E-state index contributed by atoms with van der Waals surface area (Å²) in [6, 6.07) is 23.0. The Balaban J connectivity index is 1.31. The van der Waals surface area contributed by atoms with Crippen LogP contribution in [0.5, 0.6) is 0 Å². The first-order chi connectivity index (χ1) is 19.9. The number of rotatable bonds is 7. The van der Waals surface area contributed by atoms with E-state index in [4.69, 9.17) is 5.73 Å². The minimum absolute atomic E-state index is 0.105. The average molecular weight is 554 g/mol. The highest BCUT2D eigenvalue weighted by Crippen LogP contribution is 2.30. The van der Waals surface area contributed by atoms with Crippen molar-refractivity contribution < 1.29 is 14.4 Å². The Morgan fingerprint density at radius 1 is 0.805 bits per heavy atom. The van der Waals surface area contributed by atoms with E-state index >= 15 is 0 Å². The van der Waals surface area contributed by atoms with Gasteiger partial charge in [-0.15, -0.1) is 0 Å². The molecule has 4 N–H and O–H groups in total. The molecule has 8 heteroatoms. The number of amides is 3. The summed E-state index contributed by atoms with van der Waals surface area (Å²) in [6.45, 7) is 4.37. The van der Waals surface area contributed by atoms with Crippen LogP contribution in [0.4, 0.5) is 11.4 Å². The molecule has 3 aromatic rings. The topological polar surface area (TPSA) is 108 Å². The van der Waals surface area contributed by atoms with Crippen LogP contribution in [0.3, 0.4) is 0 Å². The van der Waals surface area contributed by atoms with E-state index in [-0.39, 0.29) is 29.8 Å². The molecule has 0 atom stereocenters. The standard InChI is InChI=1S/C33H39N5O3/c1-23-6-5-9-25(20-23)33(41)36-29-22-26(32(40)35-28-13-11-27(34)12-14-28)10-15-30(29)37-16-18-38(19-17-37)31(39)21-24-7-3-2-4-8-24/h2-10,15,20,22,27-28H,11-14,16-19,21,34H2,1H3,(H,35,40)(H,36,41). The maximum absolute atomic E-state index is 13.3. The highest BCUT2D eigenvalue weighted by molar-refractivity contribution is 6.07. The van der Waals surface area contributed by atoms with E-state index < -0.39 is 0 Å². The van der Waals surface area contributed by atoms with E-state index in [1.54, 1.807) is 12.1 Å². The van der Waals surface area contributed by atoms with Crippen molar-refractivity contribution in [2.24, 2.45) is 5.73 Å². The zero-order valence-electron chi connectivity index (χ0n) is 23.6. The number of carbonyl (C=O) groups is 3. The van der Waals surface area contributed by atoms with Crippen molar-refractivity contribution in [2.45, 2.75) is 51.1 Å². The molecule has 0 unspecified atom stereocenters. The fourth-order valence-electron chi connectivity index (χ4n) is 5.65. The molecule has 214 valence electrons. The summed E-state index contributed by atoms with van der Waals surface area (Å²) < 4.78 is 0. The summed E-state index contributed by atoms with van der Waals surface area (Å²) in [4.78, 5) is 43.4. The fraction of sp³-hybridized carbons (Fsp3) is 0.364. The maximum atomic E-state index is 13.3. The first-order valence-electron chi connectivity index (χ1n) is 14.5. The zero-order chi connectivity index (χ0) is 28.8. The second-order valence-electron chi connectivity index (χ2n) is 11.2.